The smallest absolute Gasteiger partial charge is 0.362 e. The summed E-state index contributed by atoms with van der Waals surface area (Å²) in [5.41, 5.74) is 0. The van der Waals surface area contributed by atoms with Gasteiger partial charge in [-0.2, -0.15) is 0 Å². The van der Waals surface area contributed by atoms with E-state index >= 15 is 0 Å². The van der Waals surface area contributed by atoms with E-state index in [4.69, 9.17) is 0 Å². The molecule has 0 radical (unpaired) electrons. The summed E-state index contributed by atoms with van der Waals surface area (Å²) in [5, 5.41) is 12.2. The number of aliphatic carboxylic acids is 1. The van der Waals surface area contributed by atoms with Crippen molar-refractivity contribution in [3.63, 3.8) is 0 Å². The van der Waals surface area contributed by atoms with E-state index < -0.39 is 12.0 Å². The Balaban J connectivity index is 2.26. The van der Waals surface area contributed by atoms with Crippen molar-refractivity contribution in [1.82, 2.24) is 5.32 Å². The third-order valence-corrected chi connectivity index (χ3v) is 4.15. The zero-order valence-electron chi connectivity index (χ0n) is 13.0. The Morgan fingerprint density at radius 3 is 2.30 bits per heavy atom. The number of carbonyl (C=O) groups excluding carboxylic acids is 1. The lowest BCUT2D eigenvalue weighted by Crippen LogP contribution is -2.50. The maximum atomic E-state index is 11.9. The van der Waals surface area contributed by atoms with E-state index in [0.29, 0.717) is 23.9 Å². The summed E-state index contributed by atoms with van der Waals surface area (Å²) in [4.78, 5) is 23.2. The normalized spacial score (nSPS) is 18.6. The summed E-state index contributed by atoms with van der Waals surface area (Å²) in [7, 11) is 5.66. The van der Waals surface area contributed by atoms with Gasteiger partial charge in [0.15, 0.2) is 6.04 Å². The third kappa shape index (κ3) is 5.49. The van der Waals surface area contributed by atoms with Gasteiger partial charge in [-0.05, 0) is 19.3 Å². The van der Waals surface area contributed by atoms with Crippen LogP contribution in [0.5, 0.6) is 0 Å². The van der Waals surface area contributed by atoms with Crippen LogP contribution in [-0.4, -0.2) is 55.2 Å². The van der Waals surface area contributed by atoms with Gasteiger partial charge in [-0.15, -0.1) is 0 Å². The summed E-state index contributed by atoms with van der Waals surface area (Å²) in [6, 6.07) is -0.415. The Kier molecular flexibility index (Phi) is 6.46. The molecule has 0 saturated heterocycles. The molecular formula is C15H29N2O3+. The first-order valence-corrected chi connectivity index (χ1v) is 7.64. The number of nitrogens with zero attached hydrogens (tertiary/aromatic N) is 1. The van der Waals surface area contributed by atoms with Gasteiger partial charge in [0.1, 0.15) is 0 Å². The Morgan fingerprint density at radius 1 is 1.20 bits per heavy atom. The highest BCUT2D eigenvalue weighted by atomic mass is 16.4. The standard InChI is InChI=1S/C15H28N2O3/c1-17(2,3)13(15(19)20)10-7-11-16-14(18)12-8-5-4-6-9-12/h12-13H,4-11H2,1-3H3,(H-,16,18,19,20)/p+1. The molecule has 0 aromatic heterocycles. The number of nitrogens with one attached hydrogen (secondary N) is 1. The number of carboxylic acid groups (broad SMARTS) is 1. The molecular weight excluding hydrogens is 256 g/mol. The van der Waals surface area contributed by atoms with E-state index in [1.807, 2.05) is 21.1 Å². The van der Waals surface area contributed by atoms with Crippen LogP contribution in [0.2, 0.25) is 0 Å². The van der Waals surface area contributed by atoms with Crippen molar-refractivity contribution < 1.29 is 19.2 Å². The van der Waals surface area contributed by atoms with Crippen molar-refractivity contribution in [1.29, 1.82) is 0 Å². The van der Waals surface area contributed by atoms with Gasteiger partial charge in [-0.1, -0.05) is 19.3 Å². The third-order valence-electron chi connectivity index (χ3n) is 4.15. The van der Waals surface area contributed by atoms with Crippen molar-refractivity contribution in [2.24, 2.45) is 5.92 Å². The number of amides is 1. The van der Waals surface area contributed by atoms with Crippen molar-refractivity contribution in [3.05, 3.63) is 0 Å². The summed E-state index contributed by atoms with van der Waals surface area (Å²) >= 11 is 0. The number of quaternary nitrogens is 1. The Labute approximate surface area is 121 Å². The predicted octanol–water partition coefficient (Wildman–Crippen LogP) is 1.62. The second-order valence-electron chi connectivity index (χ2n) is 6.74. The molecule has 1 unspecified atom stereocenters. The molecule has 0 spiro atoms. The molecule has 1 rings (SSSR count). The first-order chi connectivity index (χ1) is 9.32. The SMILES string of the molecule is C[N+](C)(C)C(CCCNC(=O)C1CCCCC1)C(=O)O. The number of carbonyl (C=O) groups is 2. The van der Waals surface area contributed by atoms with Crippen molar-refractivity contribution in [2.75, 3.05) is 27.7 Å². The molecule has 0 aromatic rings. The molecule has 0 aliphatic heterocycles. The first kappa shape index (κ1) is 17.0. The Morgan fingerprint density at radius 2 is 1.80 bits per heavy atom. The van der Waals surface area contributed by atoms with Crippen molar-refractivity contribution in [2.45, 2.75) is 51.0 Å². The molecule has 0 bridgehead atoms. The monoisotopic (exact) mass is 285 g/mol. The van der Waals surface area contributed by atoms with Crippen LogP contribution in [0.1, 0.15) is 44.9 Å². The topological polar surface area (TPSA) is 66.4 Å². The second kappa shape index (κ2) is 7.62. The van der Waals surface area contributed by atoms with E-state index in [0.717, 1.165) is 25.7 Å². The zero-order chi connectivity index (χ0) is 15.2. The van der Waals surface area contributed by atoms with Crippen LogP contribution in [0.25, 0.3) is 0 Å². The lowest BCUT2D eigenvalue weighted by atomic mass is 9.88. The first-order valence-electron chi connectivity index (χ1n) is 7.64. The van der Waals surface area contributed by atoms with Gasteiger partial charge >= 0.3 is 5.97 Å². The molecule has 1 fully saturated rings. The summed E-state index contributed by atoms with van der Waals surface area (Å²) in [6.07, 6.45) is 6.86. The van der Waals surface area contributed by atoms with Gasteiger partial charge in [0, 0.05) is 18.9 Å². The molecule has 20 heavy (non-hydrogen) atoms. The molecule has 0 aromatic carbocycles. The minimum Gasteiger partial charge on any atom is -0.477 e. The van der Waals surface area contributed by atoms with Gasteiger partial charge in [0.25, 0.3) is 0 Å². The molecule has 2 N–H and O–H groups in total. The largest absolute Gasteiger partial charge is 0.477 e. The maximum Gasteiger partial charge on any atom is 0.362 e. The molecule has 1 aliphatic carbocycles. The molecule has 0 heterocycles. The van der Waals surface area contributed by atoms with E-state index in [-0.39, 0.29) is 11.8 Å². The quantitative estimate of drug-likeness (QED) is 0.552. The average molecular weight is 285 g/mol. The summed E-state index contributed by atoms with van der Waals surface area (Å²) in [5.74, 6) is -0.435. The van der Waals surface area contributed by atoms with Gasteiger partial charge in [0.05, 0.1) is 21.1 Å². The molecule has 5 nitrogen and oxygen atoms in total. The van der Waals surface area contributed by atoms with Crippen LogP contribution >= 0.6 is 0 Å². The van der Waals surface area contributed by atoms with Gasteiger partial charge in [-0.3, -0.25) is 4.79 Å². The molecule has 1 amide bonds. The van der Waals surface area contributed by atoms with Gasteiger partial charge in [0.2, 0.25) is 5.91 Å². The molecule has 5 heteroatoms. The van der Waals surface area contributed by atoms with Crippen LogP contribution in [0.15, 0.2) is 0 Å². The molecule has 1 aliphatic rings. The number of likely N-dealkylation sites (N-methyl/N-ethyl adjacent to an activating group) is 1. The van der Waals surface area contributed by atoms with Crippen LogP contribution in [0, 0.1) is 5.92 Å². The minimum absolute atomic E-state index is 0.154. The van der Waals surface area contributed by atoms with E-state index in [1.54, 1.807) is 0 Å². The fourth-order valence-corrected chi connectivity index (χ4v) is 2.86. The second-order valence-corrected chi connectivity index (χ2v) is 6.74. The lowest BCUT2D eigenvalue weighted by molar-refractivity contribution is -0.887. The number of carboxylic acids is 1. The number of rotatable bonds is 7. The van der Waals surface area contributed by atoms with Crippen LogP contribution in [0.4, 0.5) is 0 Å². The fourth-order valence-electron chi connectivity index (χ4n) is 2.86. The number of hydrogen-bond donors (Lipinski definition) is 2. The summed E-state index contributed by atoms with van der Waals surface area (Å²) < 4.78 is 0.409. The van der Waals surface area contributed by atoms with Crippen LogP contribution < -0.4 is 5.32 Å². The highest BCUT2D eigenvalue weighted by Crippen LogP contribution is 2.23. The Hall–Kier alpha value is -1.10. The highest BCUT2D eigenvalue weighted by Gasteiger charge is 2.30. The minimum atomic E-state index is -0.767. The maximum absolute atomic E-state index is 11.9. The van der Waals surface area contributed by atoms with E-state index in [1.165, 1.54) is 6.42 Å². The Bertz CT molecular complexity index is 331. The van der Waals surface area contributed by atoms with Gasteiger partial charge < -0.3 is 14.9 Å². The van der Waals surface area contributed by atoms with E-state index in [2.05, 4.69) is 5.32 Å². The lowest BCUT2D eigenvalue weighted by Gasteiger charge is -2.31. The van der Waals surface area contributed by atoms with Crippen molar-refractivity contribution in [3.8, 4) is 0 Å². The fraction of sp³-hybridized carbons (Fsp3) is 0.867. The summed E-state index contributed by atoms with van der Waals surface area (Å²) in [6.45, 7) is 0.582. The van der Waals surface area contributed by atoms with Gasteiger partial charge in [-0.25, -0.2) is 4.79 Å². The van der Waals surface area contributed by atoms with Crippen LogP contribution in [0.3, 0.4) is 0 Å². The molecule has 116 valence electrons. The molecule has 1 atom stereocenters. The average Bonchev–Trinajstić information content (AvgIpc) is 2.37. The van der Waals surface area contributed by atoms with E-state index in [9.17, 15) is 14.7 Å². The van der Waals surface area contributed by atoms with Crippen LogP contribution in [-0.2, 0) is 9.59 Å². The molecule has 1 saturated carbocycles. The zero-order valence-corrected chi connectivity index (χ0v) is 13.0. The van der Waals surface area contributed by atoms with Crippen molar-refractivity contribution >= 4 is 11.9 Å². The number of hydrogen-bond acceptors (Lipinski definition) is 2. The predicted molar refractivity (Wildman–Crippen MR) is 78.3 cm³/mol. The highest BCUT2D eigenvalue weighted by molar-refractivity contribution is 5.78.